The van der Waals surface area contributed by atoms with E-state index in [4.69, 9.17) is 4.74 Å². The van der Waals surface area contributed by atoms with Crippen molar-refractivity contribution in [1.82, 2.24) is 10.2 Å². The van der Waals surface area contributed by atoms with Gasteiger partial charge in [-0.2, -0.15) is 0 Å². The summed E-state index contributed by atoms with van der Waals surface area (Å²) < 4.78 is 5.29. The van der Waals surface area contributed by atoms with Crippen molar-refractivity contribution in [3.05, 3.63) is 0 Å². The SMILES string of the molecule is C[C@@H](NC(=O)C1C2CC3CC(C2)CC1C3)C(=O)N1CCOCC1. The number of amides is 2. The van der Waals surface area contributed by atoms with Crippen molar-refractivity contribution in [1.29, 1.82) is 0 Å². The fraction of sp³-hybridized carbons (Fsp3) is 0.889. The number of carbonyl (C=O) groups excluding carboxylic acids is 2. The highest BCUT2D eigenvalue weighted by Gasteiger charge is 2.51. The number of morpholine rings is 1. The van der Waals surface area contributed by atoms with Crippen LogP contribution >= 0.6 is 0 Å². The maximum Gasteiger partial charge on any atom is 0.245 e. The van der Waals surface area contributed by atoms with Crippen molar-refractivity contribution >= 4 is 11.8 Å². The van der Waals surface area contributed by atoms with Crippen molar-refractivity contribution in [3.8, 4) is 0 Å². The minimum atomic E-state index is -0.419. The van der Waals surface area contributed by atoms with Crippen LogP contribution in [0.1, 0.15) is 39.0 Å². The lowest BCUT2D eigenvalue weighted by Gasteiger charge is -2.53. The number of hydrogen-bond donors (Lipinski definition) is 1. The second kappa shape index (κ2) is 6.08. The predicted octanol–water partition coefficient (Wildman–Crippen LogP) is 1.42. The van der Waals surface area contributed by atoms with Crippen LogP contribution in [0.15, 0.2) is 0 Å². The molecular formula is C18H28N2O3. The average Bonchev–Trinajstić information content (AvgIpc) is 2.54. The third-order valence-electron chi connectivity index (χ3n) is 6.58. The Kier molecular flexibility index (Phi) is 4.08. The standard InChI is InChI=1S/C18H28N2O3/c1-11(18(22)20-2-4-23-5-3-20)19-17(21)16-14-7-12-6-13(9-14)10-15(16)8-12/h11-16H,2-10H2,1H3,(H,19,21)/t11-,12?,13?,14?,15?,16?/m1/s1. The summed E-state index contributed by atoms with van der Waals surface area (Å²) in [6.07, 6.45) is 6.33. The van der Waals surface area contributed by atoms with Gasteiger partial charge in [-0.25, -0.2) is 0 Å². The zero-order chi connectivity index (χ0) is 16.0. The maximum absolute atomic E-state index is 12.8. The van der Waals surface area contributed by atoms with Gasteiger partial charge in [0.1, 0.15) is 6.04 Å². The summed E-state index contributed by atoms with van der Waals surface area (Å²) in [5, 5.41) is 3.03. The first-order valence-corrected chi connectivity index (χ1v) is 9.28. The molecule has 5 heteroatoms. The number of carbonyl (C=O) groups is 2. The Morgan fingerprint density at radius 3 is 2.13 bits per heavy atom. The molecule has 0 spiro atoms. The van der Waals surface area contributed by atoms with E-state index in [0.29, 0.717) is 38.1 Å². The Morgan fingerprint density at radius 2 is 1.57 bits per heavy atom. The molecule has 1 N–H and O–H groups in total. The summed E-state index contributed by atoms with van der Waals surface area (Å²) in [7, 11) is 0. The monoisotopic (exact) mass is 320 g/mol. The molecule has 0 unspecified atom stereocenters. The summed E-state index contributed by atoms with van der Waals surface area (Å²) in [5.41, 5.74) is 0. The van der Waals surface area contributed by atoms with E-state index >= 15 is 0 Å². The minimum Gasteiger partial charge on any atom is -0.378 e. The molecule has 4 aliphatic carbocycles. The van der Waals surface area contributed by atoms with E-state index in [1.807, 2.05) is 11.8 Å². The Labute approximate surface area is 138 Å². The molecule has 128 valence electrons. The van der Waals surface area contributed by atoms with Crippen molar-refractivity contribution < 1.29 is 14.3 Å². The number of ether oxygens (including phenoxy) is 1. The predicted molar refractivity (Wildman–Crippen MR) is 85.5 cm³/mol. The van der Waals surface area contributed by atoms with Gasteiger partial charge in [0.15, 0.2) is 0 Å². The summed E-state index contributed by atoms with van der Waals surface area (Å²) in [6.45, 7) is 4.30. The highest BCUT2D eigenvalue weighted by atomic mass is 16.5. The molecule has 0 aromatic rings. The van der Waals surface area contributed by atoms with Crippen molar-refractivity contribution in [2.75, 3.05) is 26.3 Å². The zero-order valence-electron chi connectivity index (χ0n) is 14.0. The van der Waals surface area contributed by atoms with Gasteiger partial charge in [0.25, 0.3) is 0 Å². The van der Waals surface area contributed by atoms with E-state index in [2.05, 4.69) is 5.32 Å². The van der Waals surface area contributed by atoms with Crippen LogP contribution in [-0.4, -0.2) is 49.1 Å². The molecule has 5 aliphatic rings. The molecule has 1 atom stereocenters. The molecule has 1 saturated heterocycles. The zero-order valence-corrected chi connectivity index (χ0v) is 14.0. The number of nitrogens with one attached hydrogen (secondary N) is 1. The van der Waals surface area contributed by atoms with Crippen molar-refractivity contribution in [2.45, 2.75) is 45.1 Å². The Balaban J connectivity index is 1.37. The average molecular weight is 320 g/mol. The van der Waals surface area contributed by atoms with Crippen LogP contribution in [0.2, 0.25) is 0 Å². The first kappa shape index (κ1) is 15.4. The number of nitrogens with zero attached hydrogens (tertiary/aromatic N) is 1. The van der Waals surface area contributed by atoms with Crippen LogP contribution < -0.4 is 5.32 Å². The molecule has 5 fully saturated rings. The first-order valence-electron chi connectivity index (χ1n) is 9.28. The first-order chi connectivity index (χ1) is 11.1. The largest absolute Gasteiger partial charge is 0.378 e. The summed E-state index contributed by atoms with van der Waals surface area (Å²) in [4.78, 5) is 27.1. The van der Waals surface area contributed by atoms with Gasteiger partial charge < -0.3 is 15.0 Å². The van der Waals surface area contributed by atoms with Crippen LogP contribution in [0.4, 0.5) is 0 Å². The van der Waals surface area contributed by atoms with Crippen molar-refractivity contribution in [2.24, 2.45) is 29.6 Å². The van der Waals surface area contributed by atoms with Gasteiger partial charge in [0.2, 0.25) is 11.8 Å². The smallest absolute Gasteiger partial charge is 0.245 e. The Hall–Kier alpha value is -1.10. The van der Waals surface area contributed by atoms with E-state index in [-0.39, 0.29) is 17.7 Å². The van der Waals surface area contributed by atoms with Gasteiger partial charge in [-0.15, -0.1) is 0 Å². The Morgan fingerprint density at radius 1 is 1.00 bits per heavy atom. The molecule has 5 rings (SSSR count). The van der Waals surface area contributed by atoms with Crippen LogP contribution in [-0.2, 0) is 14.3 Å². The molecule has 5 nitrogen and oxygen atoms in total. The topological polar surface area (TPSA) is 58.6 Å². The highest BCUT2D eigenvalue weighted by molar-refractivity contribution is 5.88. The third kappa shape index (κ3) is 2.88. The van der Waals surface area contributed by atoms with Crippen molar-refractivity contribution in [3.63, 3.8) is 0 Å². The normalized spacial score (nSPS) is 40.0. The molecule has 0 aromatic carbocycles. The molecule has 2 amide bonds. The molecule has 1 heterocycles. The second-order valence-electron chi connectivity index (χ2n) is 8.12. The molecule has 0 aromatic heterocycles. The van der Waals surface area contributed by atoms with E-state index in [1.54, 1.807) is 0 Å². The van der Waals surface area contributed by atoms with Gasteiger partial charge in [-0.05, 0) is 62.7 Å². The second-order valence-corrected chi connectivity index (χ2v) is 8.12. The number of rotatable bonds is 3. The lowest BCUT2D eigenvalue weighted by Crippen LogP contribution is -2.55. The molecule has 4 bridgehead atoms. The highest BCUT2D eigenvalue weighted by Crippen LogP contribution is 2.56. The quantitative estimate of drug-likeness (QED) is 0.856. The van der Waals surface area contributed by atoms with Crippen LogP contribution in [0.5, 0.6) is 0 Å². The maximum atomic E-state index is 12.8. The summed E-state index contributed by atoms with van der Waals surface area (Å²) >= 11 is 0. The van der Waals surface area contributed by atoms with Gasteiger partial charge in [-0.3, -0.25) is 9.59 Å². The summed E-state index contributed by atoms with van der Waals surface area (Å²) in [5.74, 6) is 3.19. The van der Waals surface area contributed by atoms with E-state index < -0.39 is 6.04 Å². The van der Waals surface area contributed by atoms with Gasteiger partial charge in [0.05, 0.1) is 13.2 Å². The summed E-state index contributed by atoms with van der Waals surface area (Å²) in [6, 6.07) is -0.419. The van der Waals surface area contributed by atoms with Crippen LogP contribution in [0.3, 0.4) is 0 Å². The van der Waals surface area contributed by atoms with E-state index in [1.165, 1.54) is 32.1 Å². The van der Waals surface area contributed by atoms with Crippen LogP contribution in [0.25, 0.3) is 0 Å². The van der Waals surface area contributed by atoms with Gasteiger partial charge in [-0.1, -0.05) is 0 Å². The molecule has 4 saturated carbocycles. The molecule has 0 radical (unpaired) electrons. The van der Waals surface area contributed by atoms with Crippen LogP contribution in [0, 0.1) is 29.6 Å². The van der Waals surface area contributed by atoms with E-state index in [0.717, 1.165) is 11.8 Å². The van der Waals surface area contributed by atoms with E-state index in [9.17, 15) is 9.59 Å². The number of hydrogen-bond acceptors (Lipinski definition) is 3. The fourth-order valence-electron chi connectivity index (χ4n) is 5.78. The lowest BCUT2D eigenvalue weighted by molar-refractivity contribution is -0.145. The molecular weight excluding hydrogens is 292 g/mol. The van der Waals surface area contributed by atoms with Gasteiger partial charge >= 0.3 is 0 Å². The third-order valence-corrected chi connectivity index (χ3v) is 6.58. The molecule has 1 aliphatic heterocycles. The Bertz CT molecular complexity index is 459. The lowest BCUT2D eigenvalue weighted by atomic mass is 9.51. The molecule has 23 heavy (non-hydrogen) atoms. The fourth-order valence-corrected chi connectivity index (χ4v) is 5.78. The minimum absolute atomic E-state index is 0.0328. The van der Waals surface area contributed by atoms with Gasteiger partial charge in [0, 0.05) is 19.0 Å².